The predicted molar refractivity (Wildman–Crippen MR) is 75.1 cm³/mol. The fourth-order valence-electron chi connectivity index (χ4n) is 3.11. The molecular weight excluding hydrogens is 242 g/mol. The van der Waals surface area contributed by atoms with Gasteiger partial charge in [0.05, 0.1) is 12.5 Å². The molecule has 19 heavy (non-hydrogen) atoms. The van der Waals surface area contributed by atoms with E-state index in [1.54, 1.807) is 7.11 Å². The van der Waals surface area contributed by atoms with Gasteiger partial charge < -0.3 is 15.0 Å². The average Bonchev–Trinajstić information content (AvgIpc) is 2.98. The summed E-state index contributed by atoms with van der Waals surface area (Å²) in [4.78, 5) is 17.0. The first kappa shape index (κ1) is 14.8. The molecule has 5 heteroatoms. The molecule has 0 bridgehead atoms. The monoisotopic (exact) mass is 269 g/mol. The van der Waals surface area contributed by atoms with Crippen LogP contribution in [0.15, 0.2) is 0 Å². The maximum Gasteiger partial charge on any atom is 0.227 e. The van der Waals surface area contributed by atoms with Crippen molar-refractivity contribution in [1.82, 2.24) is 15.1 Å². The van der Waals surface area contributed by atoms with Gasteiger partial charge in [0.2, 0.25) is 5.91 Å². The van der Waals surface area contributed by atoms with Crippen molar-refractivity contribution in [1.29, 1.82) is 0 Å². The number of nitrogens with zero attached hydrogens (tertiary/aromatic N) is 2. The second kappa shape index (κ2) is 7.22. The molecule has 0 aromatic heterocycles. The topological polar surface area (TPSA) is 44.8 Å². The molecule has 0 spiro atoms. The third kappa shape index (κ3) is 3.68. The number of methoxy groups -OCH3 is 1. The Bertz CT molecular complexity index is 292. The van der Waals surface area contributed by atoms with E-state index in [2.05, 4.69) is 22.0 Å². The fourth-order valence-corrected chi connectivity index (χ4v) is 3.11. The largest absolute Gasteiger partial charge is 0.383 e. The predicted octanol–water partition coefficient (Wildman–Crippen LogP) is 0.165. The minimum atomic E-state index is 0.211. The van der Waals surface area contributed by atoms with Crippen LogP contribution in [0, 0.1) is 5.92 Å². The van der Waals surface area contributed by atoms with Gasteiger partial charge in [-0.2, -0.15) is 0 Å². The smallest absolute Gasteiger partial charge is 0.227 e. The van der Waals surface area contributed by atoms with Crippen LogP contribution in [0.5, 0.6) is 0 Å². The van der Waals surface area contributed by atoms with Crippen molar-refractivity contribution in [2.75, 3.05) is 53.0 Å². The molecular formula is C14H27N3O2. The summed E-state index contributed by atoms with van der Waals surface area (Å²) < 4.78 is 5.16. The van der Waals surface area contributed by atoms with E-state index < -0.39 is 0 Å². The van der Waals surface area contributed by atoms with Crippen molar-refractivity contribution in [2.24, 2.45) is 5.92 Å². The summed E-state index contributed by atoms with van der Waals surface area (Å²) in [7, 11) is 1.74. The Hall–Kier alpha value is -0.650. The third-order valence-electron chi connectivity index (χ3n) is 4.38. The van der Waals surface area contributed by atoms with Gasteiger partial charge in [-0.1, -0.05) is 6.92 Å². The first-order chi connectivity index (χ1) is 9.26. The number of amides is 1. The van der Waals surface area contributed by atoms with E-state index in [4.69, 9.17) is 4.74 Å². The minimum Gasteiger partial charge on any atom is -0.383 e. The second-order valence-electron chi connectivity index (χ2n) is 5.56. The van der Waals surface area contributed by atoms with Crippen LogP contribution in [-0.2, 0) is 9.53 Å². The van der Waals surface area contributed by atoms with E-state index in [9.17, 15) is 4.79 Å². The van der Waals surface area contributed by atoms with Gasteiger partial charge in [0.25, 0.3) is 0 Å². The molecule has 0 aliphatic carbocycles. The molecule has 5 nitrogen and oxygen atoms in total. The molecule has 2 atom stereocenters. The number of piperazine rings is 1. The van der Waals surface area contributed by atoms with Crippen molar-refractivity contribution in [3.8, 4) is 0 Å². The van der Waals surface area contributed by atoms with Crippen LogP contribution in [0.25, 0.3) is 0 Å². The molecule has 0 aromatic carbocycles. The Labute approximate surface area is 116 Å². The van der Waals surface area contributed by atoms with Gasteiger partial charge in [0.1, 0.15) is 0 Å². The number of hydrogen-bond donors (Lipinski definition) is 1. The van der Waals surface area contributed by atoms with E-state index >= 15 is 0 Å². The molecule has 110 valence electrons. The van der Waals surface area contributed by atoms with Crippen LogP contribution in [0.3, 0.4) is 0 Å². The van der Waals surface area contributed by atoms with Crippen LogP contribution in [0.2, 0.25) is 0 Å². The fraction of sp³-hybridized carbons (Fsp3) is 0.929. The van der Waals surface area contributed by atoms with Gasteiger partial charge in [-0.25, -0.2) is 0 Å². The number of carbonyl (C=O) groups excluding carboxylic acids is 1. The molecule has 0 saturated carbocycles. The average molecular weight is 269 g/mol. The van der Waals surface area contributed by atoms with Crippen LogP contribution >= 0.6 is 0 Å². The molecule has 1 amide bonds. The standard InChI is InChI=1S/C14H27N3O2/c1-3-13-11-17(7-6-16(13)8-9-19-2)14(18)12-4-5-15-10-12/h12-13,15H,3-11H2,1-2H3. The SMILES string of the molecule is CCC1CN(C(=O)C2CCNC2)CCN1CCOC. The maximum absolute atomic E-state index is 12.4. The number of ether oxygens (including phenoxy) is 1. The van der Waals surface area contributed by atoms with E-state index in [1.165, 1.54) is 0 Å². The van der Waals surface area contributed by atoms with Crippen molar-refractivity contribution >= 4 is 5.91 Å². The van der Waals surface area contributed by atoms with E-state index in [1.807, 2.05) is 0 Å². The molecule has 2 saturated heterocycles. The Morgan fingerprint density at radius 3 is 2.89 bits per heavy atom. The number of rotatable bonds is 5. The van der Waals surface area contributed by atoms with Gasteiger partial charge >= 0.3 is 0 Å². The van der Waals surface area contributed by atoms with Gasteiger partial charge in [-0.3, -0.25) is 9.69 Å². The highest BCUT2D eigenvalue weighted by Gasteiger charge is 2.32. The molecule has 2 unspecified atom stereocenters. The highest BCUT2D eigenvalue weighted by Crippen LogP contribution is 2.17. The lowest BCUT2D eigenvalue weighted by atomic mass is 10.0. The minimum absolute atomic E-state index is 0.211. The summed E-state index contributed by atoms with van der Waals surface area (Å²) in [5.41, 5.74) is 0. The Morgan fingerprint density at radius 1 is 1.42 bits per heavy atom. The molecule has 2 fully saturated rings. The van der Waals surface area contributed by atoms with E-state index in [-0.39, 0.29) is 5.92 Å². The molecule has 2 heterocycles. The van der Waals surface area contributed by atoms with Gasteiger partial charge in [0.15, 0.2) is 0 Å². The zero-order valence-corrected chi connectivity index (χ0v) is 12.2. The lowest BCUT2D eigenvalue weighted by Gasteiger charge is -2.41. The highest BCUT2D eigenvalue weighted by atomic mass is 16.5. The van der Waals surface area contributed by atoms with E-state index in [0.717, 1.165) is 58.7 Å². The summed E-state index contributed by atoms with van der Waals surface area (Å²) >= 11 is 0. The number of hydrogen-bond acceptors (Lipinski definition) is 4. The Morgan fingerprint density at radius 2 is 2.26 bits per heavy atom. The molecule has 0 radical (unpaired) electrons. The zero-order chi connectivity index (χ0) is 13.7. The molecule has 2 aliphatic heterocycles. The first-order valence-electron chi connectivity index (χ1n) is 7.48. The van der Waals surface area contributed by atoms with Gasteiger partial charge in [-0.15, -0.1) is 0 Å². The van der Waals surface area contributed by atoms with Crippen molar-refractivity contribution in [2.45, 2.75) is 25.8 Å². The van der Waals surface area contributed by atoms with Crippen LogP contribution in [0.1, 0.15) is 19.8 Å². The molecule has 0 aromatic rings. The van der Waals surface area contributed by atoms with Gasteiger partial charge in [-0.05, 0) is 19.4 Å². The Kier molecular flexibility index (Phi) is 5.60. The van der Waals surface area contributed by atoms with Crippen molar-refractivity contribution in [3.63, 3.8) is 0 Å². The second-order valence-corrected chi connectivity index (χ2v) is 5.56. The van der Waals surface area contributed by atoms with E-state index in [0.29, 0.717) is 11.9 Å². The zero-order valence-electron chi connectivity index (χ0n) is 12.2. The number of nitrogens with one attached hydrogen (secondary N) is 1. The van der Waals surface area contributed by atoms with Gasteiger partial charge in [0, 0.05) is 45.9 Å². The maximum atomic E-state index is 12.4. The summed E-state index contributed by atoms with van der Waals surface area (Å²) in [6.07, 6.45) is 2.09. The van der Waals surface area contributed by atoms with Crippen LogP contribution in [0.4, 0.5) is 0 Å². The van der Waals surface area contributed by atoms with Crippen LogP contribution < -0.4 is 5.32 Å². The van der Waals surface area contributed by atoms with Crippen molar-refractivity contribution in [3.05, 3.63) is 0 Å². The normalized spacial score (nSPS) is 28.8. The third-order valence-corrected chi connectivity index (χ3v) is 4.38. The molecule has 2 rings (SSSR count). The van der Waals surface area contributed by atoms with Crippen molar-refractivity contribution < 1.29 is 9.53 Å². The first-order valence-corrected chi connectivity index (χ1v) is 7.48. The summed E-state index contributed by atoms with van der Waals surface area (Å²) in [5, 5.41) is 3.28. The van der Waals surface area contributed by atoms with Crippen LogP contribution in [-0.4, -0.2) is 74.7 Å². The molecule has 1 N–H and O–H groups in total. The lowest BCUT2D eigenvalue weighted by Crippen LogP contribution is -2.56. The quantitative estimate of drug-likeness (QED) is 0.772. The molecule has 2 aliphatic rings. The number of carbonyl (C=O) groups is 1. The summed E-state index contributed by atoms with van der Waals surface area (Å²) in [6.45, 7) is 8.54. The highest BCUT2D eigenvalue weighted by molar-refractivity contribution is 5.79. The summed E-state index contributed by atoms with van der Waals surface area (Å²) in [5.74, 6) is 0.567. The Balaban J connectivity index is 1.86. The lowest BCUT2D eigenvalue weighted by molar-refractivity contribution is -0.138. The summed E-state index contributed by atoms with van der Waals surface area (Å²) in [6, 6.07) is 0.488.